The summed E-state index contributed by atoms with van der Waals surface area (Å²) in [5.41, 5.74) is 6.70. The molecule has 0 spiro atoms. The molecule has 2 aliphatic rings. The first-order chi connectivity index (χ1) is 37.3. The second-order valence-electron chi connectivity index (χ2n) is 21.5. The Morgan fingerprint density at radius 1 is 0.886 bits per heavy atom. The van der Waals surface area contributed by atoms with Gasteiger partial charge in [0.05, 0.1) is 60.6 Å². The first-order valence-corrected chi connectivity index (χ1v) is 27.2. The molecule has 2 aliphatic heterocycles. The molecule has 6 amide bonds. The molecule has 23 nitrogen and oxygen atoms in total. The lowest BCUT2D eigenvalue weighted by atomic mass is 9.89. The van der Waals surface area contributed by atoms with E-state index in [0.29, 0.717) is 36.9 Å². The van der Waals surface area contributed by atoms with Crippen LogP contribution in [0.3, 0.4) is 0 Å². The van der Waals surface area contributed by atoms with Gasteiger partial charge in [0.15, 0.2) is 6.10 Å². The monoisotopic (exact) mass is 1110 g/mol. The second kappa shape index (κ2) is 30.6. The molecule has 9 N–H and O–H groups in total. The molecule has 0 saturated carbocycles. The molecule has 0 aliphatic carbocycles. The van der Waals surface area contributed by atoms with E-state index < -0.39 is 121 Å². The van der Waals surface area contributed by atoms with Crippen LogP contribution in [0.4, 0.5) is 10.5 Å². The van der Waals surface area contributed by atoms with E-state index >= 15 is 0 Å². The molecule has 0 radical (unpaired) electrons. The smallest absolute Gasteiger partial charge is 0.410 e. The Bertz CT molecular complexity index is 2340. The predicted octanol–water partition coefficient (Wildman–Crippen LogP) is 3.17. The molecule has 442 valence electrons. The third kappa shape index (κ3) is 17.3. The zero-order valence-corrected chi connectivity index (χ0v) is 47.8. The second-order valence-corrected chi connectivity index (χ2v) is 21.5. The number of hydrogen-bond donors (Lipinski definition) is 8. The average Bonchev–Trinajstić information content (AvgIpc) is 3.91. The standard InChI is InChI=1S/C56H87N7O16/c1-13-32(6)47(41(75-11)28-43(66)63-25-17-20-38(63)50(76-12)33(7)52(69)58-34(8)48(67)36-18-15-14-16-19-36)61(9)54(71)45(30(2)3)60-53(70)46(31(4)5)62(10)56(74)77-29-35-21-22-40(37(26-35)59-42(65)23-24-57)78-44-27-39(64)49(68)51(79-44)55(72)73/h14-16,18-19,21-22,26,30-34,38-39,41,44-51,64,67-68H,13,17,20,23-25,27-29,57H2,1-12H3,(H,58,69)(H,59,65)(H,60,70)(H,72,73)/t32-,33+,34?,38?,39+,41?,44?,45-,46-,47?,48+,49-,50?,51?/m0/s1. The molecule has 2 heterocycles. The summed E-state index contributed by atoms with van der Waals surface area (Å²) in [5, 5.41) is 49.3. The molecular formula is C56H87N7O16. The number of ether oxygens (including phenoxy) is 5. The number of aliphatic hydroxyl groups excluding tert-OH is 3. The number of hydrogen-bond acceptors (Lipinski definition) is 16. The molecule has 0 bridgehead atoms. The SMILES string of the molecule is CC[C@H](C)C(C(CC(=O)N1CCCC1C(OC)[C@@H](C)C(=O)NC(C)[C@@H](O)c1ccccc1)OC)N(C)C(=O)[C@@H](NC(=O)[C@H](C(C)C)N(C)C(=O)OCc1ccc(OC2C[C@@H](O)[C@H](O)C(C(=O)O)O2)c(NC(=O)CCN)c1)C(C)C. The normalized spacial score (nSPS) is 21.8. The van der Waals surface area contributed by atoms with Crippen LogP contribution in [0, 0.1) is 23.7 Å². The van der Waals surface area contributed by atoms with Crippen molar-refractivity contribution in [1.29, 1.82) is 0 Å². The van der Waals surface area contributed by atoms with E-state index in [2.05, 4.69) is 16.0 Å². The van der Waals surface area contributed by atoms with E-state index in [1.165, 1.54) is 44.4 Å². The molecule has 4 rings (SSSR count). The third-order valence-corrected chi connectivity index (χ3v) is 15.1. The number of methoxy groups -OCH3 is 2. The lowest BCUT2D eigenvalue weighted by molar-refractivity contribution is -0.228. The fourth-order valence-corrected chi connectivity index (χ4v) is 10.4. The Morgan fingerprint density at radius 3 is 2.14 bits per heavy atom. The zero-order valence-electron chi connectivity index (χ0n) is 47.8. The zero-order chi connectivity index (χ0) is 59.0. The van der Waals surface area contributed by atoms with Crippen molar-refractivity contribution >= 4 is 47.3 Å². The van der Waals surface area contributed by atoms with Gasteiger partial charge in [0.1, 0.15) is 30.5 Å². The highest BCUT2D eigenvalue weighted by atomic mass is 16.7. The minimum atomic E-state index is -1.78. The number of anilines is 1. The Morgan fingerprint density at radius 2 is 1.56 bits per heavy atom. The number of carboxylic acids is 1. The number of nitrogens with one attached hydrogen (secondary N) is 3. The number of carbonyl (C=O) groups excluding carboxylic acids is 6. The number of aliphatic hydroxyl groups is 3. The van der Waals surface area contributed by atoms with Crippen molar-refractivity contribution in [1.82, 2.24) is 25.3 Å². The molecule has 2 aromatic rings. The minimum Gasteiger partial charge on any atom is -0.479 e. The first kappa shape index (κ1) is 65.6. The van der Waals surface area contributed by atoms with Gasteiger partial charge in [0.25, 0.3) is 0 Å². The van der Waals surface area contributed by atoms with E-state index in [1.54, 1.807) is 65.6 Å². The molecule has 14 atom stereocenters. The Balaban J connectivity index is 1.46. The summed E-state index contributed by atoms with van der Waals surface area (Å²) in [4.78, 5) is 99.6. The molecular weight excluding hydrogens is 1030 g/mol. The van der Waals surface area contributed by atoms with Gasteiger partial charge in [-0.25, -0.2) is 9.59 Å². The van der Waals surface area contributed by atoms with Crippen molar-refractivity contribution in [2.45, 2.75) is 174 Å². The molecule has 7 unspecified atom stereocenters. The lowest BCUT2D eigenvalue weighted by Crippen LogP contribution is -2.60. The first-order valence-electron chi connectivity index (χ1n) is 27.2. The summed E-state index contributed by atoms with van der Waals surface area (Å²) >= 11 is 0. The number of nitrogens with two attached hydrogens (primary N) is 1. The fraction of sp³-hybridized carbons (Fsp3) is 0.661. The number of carbonyl (C=O) groups is 7. The lowest BCUT2D eigenvalue weighted by Gasteiger charge is -2.41. The number of likely N-dealkylation sites (tertiary alicyclic amines) is 1. The number of amides is 6. The molecule has 2 fully saturated rings. The maximum Gasteiger partial charge on any atom is 0.410 e. The Kier molecular flexibility index (Phi) is 25.4. The topological polar surface area (TPSA) is 318 Å². The van der Waals surface area contributed by atoms with Crippen LogP contribution in [-0.2, 0) is 54.3 Å². The van der Waals surface area contributed by atoms with Crippen LogP contribution >= 0.6 is 0 Å². The number of nitrogens with zero attached hydrogens (tertiary/aromatic N) is 3. The van der Waals surface area contributed by atoms with Crippen LogP contribution < -0.4 is 26.4 Å². The van der Waals surface area contributed by atoms with Crippen molar-refractivity contribution in [2.24, 2.45) is 29.4 Å². The van der Waals surface area contributed by atoms with Crippen LogP contribution in [0.5, 0.6) is 5.75 Å². The van der Waals surface area contributed by atoms with Gasteiger partial charge in [0.2, 0.25) is 35.8 Å². The van der Waals surface area contributed by atoms with Crippen molar-refractivity contribution in [2.75, 3.05) is 46.7 Å². The van der Waals surface area contributed by atoms with Gasteiger partial charge in [-0.2, -0.15) is 0 Å². The largest absolute Gasteiger partial charge is 0.479 e. The summed E-state index contributed by atoms with van der Waals surface area (Å²) in [6.07, 6.45) is -8.12. The van der Waals surface area contributed by atoms with Crippen LogP contribution in [0.25, 0.3) is 0 Å². The maximum absolute atomic E-state index is 14.7. The van der Waals surface area contributed by atoms with E-state index in [9.17, 15) is 54.0 Å². The van der Waals surface area contributed by atoms with E-state index in [0.717, 1.165) is 4.90 Å². The number of rotatable bonds is 28. The third-order valence-electron chi connectivity index (χ3n) is 15.1. The molecule has 23 heteroatoms. The van der Waals surface area contributed by atoms with Crippen molar-refractivity contribution in [3.63, 3.8) is 0 Å². The van der Waals surface area contributed by atoms with Crippen molar-refractivity contribution in [3.05, 3.63) is 59.7 Å². The summed E-state index contributed by atoms with van der Waals surface area (Å²) < 4.78 is 28.9. The number of likely N-dealkylation sites (N-methyl/N-ethyl adjacent to an activating group) is 2. The summed E-state index contributed by atoms with van der Waals surface area (Å²) in [6.45, 7) is 14.6. The highest BCUT2D eigenvalue weighted by molar-refractivity contribution is 5.93. The van der Waals surface area contributed by atoms with Crippen LogP contribution in [0.15, 0.2) is 48.5 Å². The highest BCUT2D eigenvalue weighted by Gasteiger charge is 2.45. The number of aliphatic carboxylic acids is 1. The van der Waals surface area contributed by atoms with Gasteiger partial charge >= 0.3 is 12.1 Å². The number of benzene rings is 2. The van der Waals surface area contributed by atoms with Gasteiger partial charge in [-0.15, -0.1) is 0 Å². The molecule has 0 aromatic heterocycles. The number of carboxylic acid groups (broad SMARTS) is 1. The van der Waals surface area contributed by atoms with Gasteiger partial charge in [-0.1, -0.05) is 91.3 Å². The summed E-state index contributed by atoms with van der Waals surface area (Å²) in [5.74, 6) is -5.38. The van der Waals surface area contributed by atoms with Gasteiger partial charge < -0.3 is 75.6 Å². The predicted molar refractivity (Wildman–Crippen MR) is 291 cm³/mol. The molecule has 79 heavy (non-hydrogen) atoms. The Hall–Kier alpha value is -5.95. The van der Waals surface area contributed by atoms with Gasteiger partial charge in [-0.05, 0) is 60.8 Å². The summed E-state index contributed by atoms with van der Waals surface area (Å²) in [6, 6.07) is 9.55. The van der Waals surface area contributed by atoms with Gasteiger partial charge in [-0.3, -0.25) is 28.9 Å². The highest BCUT2D eigenvalue weighted by Crippen LogP contribution is 2.33. The van der Waals surface area contributed by atoms with E-state index in [4.69, 9.17) is 29.4 Å². The van der Waals surface area contributed by atoms with Crippen LogP contribution in [0.1, 0.15) is 111 Å². The van der Waals surface area contributed by atoms with Crippen molar-refractivity contribution < 1.29 is 77.7 Å². The molecule has 2 aromatic carbocycles. The van der Waals surface area contributed by atoms with Crippen LogP contribution in [-0.4, -0.2) is 185 Å². The maximum atomic E-state index is 14.7. The van der Waals surface area contributed by atoms with Crippen LogP contribution in [0.2, 0.25) is 0 Å². The fourth-order valence-electron chi connectivity index (χ4n) is 10.4. The quantitative estimate of drug-likeness (QED) is 0.0607. The minimum absolute atomic E-state index is 0.0162. The average molecular weight is 1110 g/mol. The van der Waals surface area contributed by atoms with E-state index in [1.807, 2.05) is 32.0 Å². The Labute approximate surface area is 464 Å². The molecule has 2 saturated heterocycles. The van der Waals surface area contributed by atoms with Gasteiger partial charge in [0, 0.05) is 54.2 Å². The van der Waals surface area contributed by atoms with E-state index in [-0.39, 0.29) is 61.6 Å². The summed E-state index contributed by atoms with van der Waals surface area (Å²) in [7, 11) is 6.02. The van der Waals surface area contributed by atoms with Crippen molar-refractivity contribution in [3.8, 4) is 5.75 Å².